The fourth-order valence-electron chi connectivity index (χ4n) is 4.47. The zero-order valence-corrected chi connectivity index (χ0v) is 22.0. The monoisotopic (exact) mass is 489 g/mol. The first-order chi connectivity index (χ1) is 15.9. The molecule has 2 aromatic rings. The largest absolute Gasteiger partial charge is 0.339 e. The van der Waals surface area contributed by atoms with E-state index in [4.69, 9.17) is 0 Å². The minimum absolute atomic E-state index is 0.213. The van der Waals surface area contributed by atoms with Crippen LogP contribution in [0.4, 0.5) is 11.4 Å². The molecule has 1 heterocycles. The van der Waals surface area contributed by atoms with Gasteiger partial charge in [0.05, 0.1) is 17.1 Å². The number of nitrogens with zero attached hydrogens (tertiary/aromatic N) is 1. The van der Waals surface area contributed by atoms with E-state index in [1.807, 2.05) is 11.8 Å². The first kappa shape index (κ1) is 26.1. The third-order valence-electron chi connectivity index (χ3n) is 6.24. The van der Waals surface area contributed by atoms with Gasteiger partial charge in [-0.2, -0.15) is 8.42 Å². The molecule has 0 atom stereocenters. The Balaban J connectivity index is 2.05. The van der Waals surface area contributed by atoms with E-state index < -0.39 is 10.1 Å². The Morgan fingerprint density at radius 3 is 2.15 bits per heavy atom. The van der Waals surface area contributed by atoms with Crippen molar-refractivity contribution in [2.24, 2.45) is 0 Å². The standard InChI is InChI=1S/C27H39NO3S2/c1-4-7-11-21-14-15-25-24(19-21)28(16-10-17-33(29,30)31)27-23(13-9-6-3)18-22(12-8-5-2)20-26(27)32-25/h14-15,18-20H,4-13,16-17H2,1-3H3,(H,29,30,31). The van der Waals surface area contributed by atoms with Gasteiger partial charge in [0, 0.05) is 16.3 Å². The lowest BCUT2D eigenvalue weighted by Gasteiger charge is -2.35. The van der Waals surface area contributed by atoms with Crippen LogP contribution in [0.5, 0.6) is 0 Å². The minimum Gasteiger partial charge on any atom is -0.339 e. The fraction of sp³-hybridized carbons (Fsp3) is 0.556. The maximum atomic E-state index is 11.4. The van der Waals surface area contributed by atoms with Crippen LogP contribution in [0, 0.1) is 0 Å². The van der Waals surface area contributed by atoms with Gasteiger partial charge in [-0.1, -0.05) is 63.9 Å². The fourth-order valence-corrected chi connectivity index (χ4v) is 6.16. The summed E-state index contributed by atoms with van der Waals surface area (Å²) in [5.74, 6) is -0.213. The summed E-state index contributed by atoms with van der Waals surface area (Å²) in [7, 11) is -3.97. The molecular formula is C27H39NO3S2. The summed E-state index contributed by atoms with van der Waals surface area (Å²) < 4.78 is 32.2. The molecule has 33 heavy (non-hydrogen) atoms. The number of hydrogen-bond acceptors (Lipinski definition) is 4. The summed E-state index contributed by atoms with van der Waals surface area (Å²) in [6.07, 6.45) is 10.5. The van der Waals surface area contributed by atoms with Gasteiger partial charge in [-0.15, -0.1) is 0 Å². The average Bonchev–Trinajstić information content (AvgIpc) is 2.78. The van der Waals surface area contributed by atoms with Crippen LogP contribution in [0.1, 0.15) is 82.4 Å². The van der Waals surface area contributed by atoms with E-state index in [0.717, 1.165) is 44.9 Å². The van der Waals surface area contributed by atoms with Crippen LogP contribution in [0.25, 0.3) is 0 Å². The van der Waals surface area contributed by atoms with E-state index in [0.29, 0.717) is 13.0 Å². The van der Waals surface area contributed by atoms with Crippen molar-refractivity contribution in [3.63, 3.8) is 0 Å². The maximum Gasteiger partial charge on any atom is 0.264 e. The highest BCUT2D eigenvalue weighted by Gasteiger charge is 2.27. The highest BCUT2D eigenvalue weighted by molar-refractivity contribution is 7.99. The van der Waals surface area contributed by atoms with Gasteiger partial charge >= 0.3 is 0 Å². The Labute approximate surface area is 204 Å². The summed E-state index contributed by atoms with van der Waals surface area (Å²) in [5.41, 5.74) is 6.51. The number of benzene rings is 2. The van der Waals surface area contributed by atoms with Crippen molar-refractivity contribution in [2.45, 2.75) is 94.8 Å². The van der Waals surface area contributed by atoms with Crippen LogP contribution in [0.3, 0.4) is 0 Å². The topological polar surface area (TPSA) is 57.6 Å². The normalized spacial score (nSPS) is 13.2. The second-order valence-electron chi connectivity index (χ2n) is 9.11. The van der Waals surface area contributed by atoms with Crippen molar-refractivity contribution in [1.29, 1.82) is 0 Å². The molecule has 0 spiro atoms. The van der Waals surface area contributed by atoms with E-state index in [1.54, 1.807) is 0 Å². The zero-order chi connectivity index (χ0) is 23.8. The second-order valence-corrected chi connectivity index (χ2v) is 11.8. The van der Waals surface area contributed by atoms with Crippen LogP contribution in [-0.4, -0.2) is 25.3 Å². The van der Waals surface area contributed by atoms with Crippen molar-refractivity contribution in [1.82, 2.24) is 0 Å². The predicted molar refractivity (Wildman–Crippen MR) is 141 cm³/mol. The molecule has 3 rings (SSSR count). The van der Waals surface area contributed by atoms with Crippen LogP contribution < -0.4 is 4.90 Å². The molecule has 0 aromatic heterocycles. The first-order valence-corrected chi connectivity index (χ1v) is 15.0. The van der Waals surface area contributed by atoms with Gasteiger partial charge in [-0.05, 0) is 79.8 Å². The van der Waals surface area contributed by atoms with E-state index >= 15 is 0 Å². The molecule has 0 fully saturated rings. The van der Waals surface area contributed by atoms with Crippen molar-refractivity contribution in [3.05, 3.63) is 47.0 Å². The molecule has 2 aromatic carbocycles. The molecule has 1 aliphatic heterocycles. The van der Waals surface area contributed by atoms with E-state index in [1.165, 1.54) is 50.7 Å². The lowest BCUT2D eigenvalue weighted by Crippen LogP contribution is -2.25. The van der Waals surface area contributed by atoms with Gasteiger partial charge in [-0.25, -0.2) is 0 Å². The quantitative estimate of drug-likeness (QED) is 0.294. The van der Waals surface area contributed by atoms with Crippen molar-refractivity contribution >= 4 is 33.3 Å². The number of anilines is 2. The molecule has 0 saturated carbocycles. The van der Waals surface area contributed by atoms with Crippen molar-refractivity contribution in [3.8, 4) is 0 Å². The van der Waals surface area contributed by atoms with Gasteiger partial charge in [0.2, 0.25) is 0 Å². The van der Waals surface area contributed by atoms with E-state index in [-0.39, 0.29) is 5.75 Å². The maximum absolute atomic E-state index is 11.4. The van der Waals surface area contributed by atoms with Crippen LogP contribution in [0.2, 0.25) is 0 Å². The molecule has 0 radical (unpaired) electrons. The predicted octanol–water partition coefficient (Wildman–Crippen LogP) is 7.60. The number of unbranched alkanes of at least 4 members (excludes halogenated alkanes) is 3. The van der Waals surface area contributed by atoms with Crippen molar-refractivity contribution < 1.29 is 13.0 Å². The lowest BCUT2D eigenvalue weighted by molar-refractivity contribution is 0.481. The average molecular weight is 490 g/mol. The smallest absolute Gasteiger partial charge is 0.264 e. The Morgan fingerprint density at radius 2 is 1.48 bits per heavy atom. The number of rotatable bonds is 13. The summed E-state index contributed by atoms with van der Waals surface area (Å²) >= 11 is 1.84. The van der Waals surface area contributed by atoms with E-state index in [2.05, 4.69) is 56.0 Å². The molecule has 1 aliphatic rings. The number of hydrogen-bond donors (Lipinski definition) is 1. The highest BCUT2D eigenvalue weighted by atomic mass is 32.2. The Hall–Kier alpha value is -1.50. The molecule has 0 unspecified atom stereocenters. The van der Waals surface area contributed by atoms with E-state index in [9.17, 15) is 13.0 Å². The molecule has 0 aliphatic carbocycles. The molecule has 0 saturated heterocycles. The molecule has 6 heteroatoms. The summed E-state index contributed by atoms with van der Waals surface area (Å²) in [4.78, 5) is 4.83. The van der Waals surface area contributed by atoms with Crippen molar-refractivity contribution in [2.75, 3.05) is 17.2 Å². The molecular weight excluding hydrogens is 450 g/mol. The number of fused-ring (bicyclic) bond motifs is 2. The van der Waals surface area contributed by atoms with Gasteiger partial charge in [0.1, 0.15) is 0 Å². The van der Waals surface area contributed by atoms with Gasteiger partial charge in [0.15, 0.2) is 0 Å². The molecule has 0 amide bonds. The van der Waals surface area contributed by atoms with Gasteiger partial charge < -0.3 is 4.90 Å². The first-order valence-electron chi connectivity index (χ1n) is 12.6. The summed E-state index contributed by atoms with van der Waals surface area (Å²) in [6, 6.07) is 11.5. The Bertz CT molecular complexity index is 1030. The van der Waals surface area contributed by atoms with Gasteiger partial charge in [0.25, 0.3) is 10.1 Å². The highest BCUT2D eigenvalue weighted by Crippen LogP contribution is 2.50. The second kappa shape index (κ2) is 12.3. The third-order valence-corrected chi connectivity index (χ3v) is 8.14. The molecule has 182 valence electrons. The van der Waals surface area contributed by atoms with Gasteiger partial charge in [-0.3, -0.25) is 4.55 Å². The molecule has 4 nitrogen and oxygen atoms in total. The zero-order valence-electron chi connectivity index (χ0n) is 20.4. The summed E-state index contributed by atoms with van der Waals surface area (Å²) in [6.45, 7) is 7.24. The number of aryl methyl sites for hydroxylation is 3. The molecule has 0 bridgehead atoms. The SMILES string of the molecule is CCCCc1cc(CCCC)c2c(c1)Sc1ccc(CCCC)cc1N2CCCS(=O)(=O)O. The lowest BCUT2D eigenvalue weighted by atomic mass is 9.98. The van der Waals surface area contributed by atoms with Crippen LogP contribution in [0.15, 0.2) is 40.1 Å². The Morgan fingerprint density at radius 1 is 0.818 bits per heavy atom. The third kappa shape index (κ3) is 7.24. The minimum atomic E-state index is -3.97. The molecule has 1 N–H and O–H groups in total. The van der Waals surface area contributed by atoms with Crippen LogP contribution in [-0.2, 0) is 29.4 Å². The van der Waals surface area contributed by atoms with Crippen LogP contribution >= 0.6 is 11.8 Å². The summed E-state index contributed by atoms with van der Waals surface area (Å²) in [5, 5.41) is 0. The Kier molecular flexibility index (Phi) is 9.71.